The lowest BCUT2D eigenvalue weighted by atomic mass is 10.1. The van der Waals surface area contributed by atoms with Crippen LogP contribution in [0.15, 0.2) is 71.6 Å². The van der Waals surface area contributed by atoms with Crippen LogP contribution in [0.1, 0.15) is 52.7 Å². The normalized spacial score (nSPS) is 14.9. The van der Waals surface area contributed by atoms with Gasteiger partial charge in [-0.3, -0.25) is 9.10 Å². The van der Waals surface area contributed by atoms with E-state index in [0.717, 1.165) is 42.4 Å². The molecule has 0 bridgehead atoms. The lowest BCUT2D eigenvalue weighted by Crippen LogP contribution is -2.31. The number of anilines is 2. The Bertz CT molecular complexity index is 1530. The van der Waals surface area contributed by atoms with Crippen LogP contribution >= 0.6 is 0 Å². The molecule has 3 aromatic carbocycles. The Labute approximate surface area is 231 Å². The Balaban J connectivity index is 1.43. The molecular weight excluding hydrogens is 534 g/mol. The van der Waals surface area contributed by atoms with Gasteiger partial charge in [0.2, 0.25) is 20.0 Å². The zero-order valence-electron chi connectivity index (χ0n) is 22.6. The summed E-state index contributed by atoms with van der Waals surface area (Å²) in [5.74, 6) is -0.348. The number of nitrogens with one attached hydrogen (secondary N) is 1. The van der Waals surface area contributed by atoms with Gasteiger partial charge < -0.3 is 5.32 Å². The highest BCUT2D eigenvalue weighted by atomic mass is 32.2. The highest BCUT2D eigenvalue weighted by Crippen LogP contribution is 2.25. The number of rotatable bonds is 8. The summed E-state index contributed by atoms with van der Waals surface area (Å²) in [5, 5.41) is 2.79. The van der Waals surface area contributed by atoms with Gasteiger partial charge in [0.1, 0.15) is 0 Å². The minimum atomic E-state index is -3.56. The van der Waals surface area contributed by atoms with Crippen molar-refractivity contribution in [1.82, 2.24) is 4.31 Å². The Kier molecular flexibility index (Phi) is 8.78. The van der Waals surface area contributed by atoms with Crippen molar-refractivity contribution in [2.24, 2.45) is 0 Å². The minimum Gasteiger partial charge on any atom is -0.322 e. The lowest BCUT2D eigenvalue weighted by molar-refractivity contribution is 0.102. The van der Waals surface area contributed by atoms with Crippen molar-refractivity contribution >= 4 is 37.3 Å². The van der Waals surface area contributed by atoms with Crippen LogP contribution in [0.4, 0.5) is 11.4 Å². The van der Waals surface area contributed by atoms with E-state index in [0.29, 0.717) is 30.0 Å². The molecule has 1 saturated heterocycles. The maximum absolute atomic E-state index is 13.0. The molecule has 0 unspecified atom stereocenters. The van der Waals surface area contributed by atoms with Crippen molar-refractivity contribution in [3.05, 3.63) is 89.0 Å². The van der Waals surface area contributed by atoms with Crippen LogP contribution in [-0.4, -0.2) is 46.4 Å². The van der Waals surface area contributed by atoms with Crippen molar-refractivity contribution in [3.8, 4) is 0 Å². The molecule has 0 aromatic heterocycles. The molecule has 208 valence electrons. The predicted molar refractivity (Wildman–Crippen MR) is 155 cm³/mol. The number of nitrogens with zero attached hydrogens (tertiary/aromatic N) is 2. The second-order valence-electron chi connectivity index (χ2n) is 10.0. The van der Waals surface area contributed by atoms with Crippen LogP contribution in [0, 0.1) is 13.8 Å². The van der Waals surface area contributed by atoms with Gasteiger partial charge in [0.15, 0.2) is 0 Å². The van der Waals surface area contributed by atoms with Gasteiger partial charge in [-0.15, -0.1) is 0 Å². The standard InChI is InChI=1S/C29H35N3O5S2/c1-22-8-15-27(20-23(22)2)32(38(3,34)35)21-24-9-11-25(12-10-24)29(33)30-26-13-16-28(17-14-26)39(36,37)31-18-6-4-5-7-19-31/h8-17,20H,4-7,18-19,21H2,1-3H3,(H,30,33). The quantitative estimate of drug-likeness (QED) is 0.407. The number of aryl methyl sites for hydroxylation is 2. The number of carbonyl (C=O) groups is 1. The van der Waals surface area contributed by atoms with E-state index in [4.69, 9.17) is 0 Å². The molecule has 0 aliphatic carbocycles. The van der Waals surface area contributed by atoms with Crippen LogP contribution < -0.4 is 9.62 Å². The third-order valence-corrected chi connectivity index (χ3v) is 10.1. The van der Waals surface area contributed by atoms with Crippen molar-refractivity contribution in [1.29, 1.82) is 0 Å². The van der Waals surface area contributed by atoms with Gasteiger partial charge in [-0.1, -0.05) is 31.0 Å². The summed E-state index contributed by atoms with van der Waals surface area (Å²) in [7, 11) is -7.09. The molecule has 1 amide bonds. The highest BCUT2D eigenvalue weighted by molar-refractivity contribution is 7.92. The van der Waals surface area contributed by atoms with E-state index < -0.39 is 20.0 Å². The van der Waals surface area contributed by atoms with Crippen LogP contribution in [0.5, 0.6) is 0 Å². The molecule has 1 heterocycles. The van der Waals surface area contributed by atoms with Crippen molar-refractivity contribution in [3.63, 3.8) is 0 Å². The van der Waals surface area contributed by atoms with Crippen LogP contribution in [-0.2, 0) is 26.6 Å². The largest absolute Gasteiger partial charge is 0.322 e. The Morgan fingerprint density at radius 1 is 0.821 bits per heavy atom. The van der Waals surface area contributed by atoms with Gasteiger partial charge in [-0.2, -0.15) is 4.31 Å². The van der Waals surface area contributed by atoms with E-state index in [1.807, 2.05) is 26.0 Å². The molecule has 1 aliphatic rings. The summed E-state index contributed by atoms with van der Waals surface area (Å²) < 4.78 is 53.9. The zero-order chi connectivity index (χ0) is 28.2. The fourth-order valence-electron chi connectivity index (χ4n) is 4.55. The molecule has 0 radical (unpaired) electrons. The molecule has 0 spiro atoms. The smallest absolute Gasteiger partial charge is 0.255 e. The van der Waals surface area contributed by atoms with Crippen molar-refractivity contribution in [2.75, 3.05) is 29.0 Å². The molecule has 8 nitrogen and oxygen atoms in total. The van der Waals surface area contributed by atoms with Crippen LogP contribution in [0.3, 0.4) is 0 Å². The summed E-state index contributed by atoms with van der Waals surface area (Å²) in [6.45, 7) is 5.11. The van der Waals surface area contributed by atoms with E-state index in [-0.39, 0.29) is 17.3 Å². The van der Waals surface area contributed by atoms with Gasteiger partial charge in [-0.25, -0.2) is 16.8 Å². The topological polar surface area (TPSA) is 104 Å². The summed E-state index contributed by atoms with van der Waals surface area (Å²) in [6.07, 6.45) is 4.99. The highest BCUT2D eigenvalue weighted by Gasteiger charge is 2.25. The maximum Gasteiger partial charge on any atom is 0.255 e. The SMILES string of the molecule is Cc1ccc(N(Cc2ccc(C(=O)Nc3ccc(S(=O)(=O)N4CCCCCC4)cc3)cc2)S(C)(=O)=O)cc1C. The van der Waals surface area contributed by atoms with E-state index in [1.54, 1.807) is 46.8 Å². The van der Waals surface area contributed by atoms with Gasteiger partial charge in [0.05, 0.1) is 23.4 Å². The van der Waals surface area contributed by atoms with E-state index in [9.17, 15) is 21.6 Å². The minimum absolute atomic E-state index is 0.135. The summed E-state index contributed by atoms with van der Waals surface area (Å²) in [5.41, 5.74) is 4.29. The van der Waals surface area contributed by atoms with Gasteiger partial charge in [0, 0.05) is 24.3 Å². The van der Waals surface area contributed by atoms with Gasteiger partial charge >= 0.3 is 0 Å². The molecule has 0 saturated carbocycles. The fourth-order valence-corrected chi connectivity index (χ4v) is 6.95. The van der Waals surface area contributed by atoms with Gasteiger partial charge in [-0.05, 0) is 91.9 Å². The van der Waals surface area contributed by atoms with Crippen molar-refractivity contribution < 1.29 is 21.6 Å². The zero-order valence-corrected chi connectivity index (χ0v) is 24.2. The Hall–Kier alpha value is -3.21. The van der Waals surface area contributed by atoms with E-state index in [2.05, 4.69) is 5.32 Å². The fraction of sp³-hybridized carbons (Fsp3) is 0.345. The molecule has 0 atom stereocenters. The predicted octanol–water partition coefficient (Wildman–Crippen LogP) is 5.09. The molecular formula is C29H35N3O5S2. The van der Waals surface area contributed by atoms with E-state index >= 15 is 0 Å². The first-order valence-electron chi connectivity index (χ1n) is 13.0. The van der Waals surface area contributed by atoms with Crippen LogP contribution in [0.25, 0.3) is 0 Å². The summed E-state index contributed by atoms with van der Waals surface area (Å²) in [4.78, 5) is 13.0. The molecule has 39 heavy (non-hydrogen) atoms. The van der Waals surface area contributed by atoms with E-state index in [1.165, 1.54) is 22.7 Å². The number of hydrogen-bond donors (Lipinski definition) is 1. The first-order chi connectivity index (χ1) is 18.4. The molecule has 1 N–H and O–H groups in total. The monoisotopic (exact) mass is 569 g/mol. The molecule has 4 rings (SSSR count). The second kappa shape index (κ2) is 11.9. The lowest BCUT2D eigenvalue weighted by Gasteiger charge is -2.23. The maximum atomic E-state index is 13.0. The molecule has 10 heteroatoms. The number of hydrogen-bond acceptors (Lipinski definition) is 5. The summed E-state index contributed by atoms with van der Waals surface area (Å²) >= 11 is 0. The average Bonchev–Trinajstić information content (AvgIpc) is 3.19. The Morgan fingerprint density at radius 3 is 2.00 bits per heavy atom. The third-order valence-electron chi connectivity index (χ3n) is 7.04. The van der Waals surface area contributed by atoms with Gasteiger partial charge in [0.25, 0.3) is 5.91 Å². The number of carbonyl (C=O) groups excluding carboxylic acids is 1. The molecule has 3 aromatic rings. The Morgan fingerprint density at radius 2 is 1.44 bits per heavy atom. The summed E-state index contributed by atoms with van der Waals surface area (Å²) in [6, 6.07) is 18.5. The first kappa shape index (κ1) is 28.8. The molecule has 1 fully saturated rings. The number of amides is 1. The average molecular weight is 570 g/mol. The molecule has 1 aliphatic heterocycles. The van der Waals surface area contributed by atoms with Crippen LogP contribution in [0.2, 0.25) is 0 Å². The number of sulfonamides is 2. The number of benzene rings is 3. The first-order valence-corrected chi connectivity index (χ1v) is 16.3. The second-order valence-corrected chi connectivity index (χ2v) is 13.9. The third kappa shape index (κ3) is 7.06. The van der Waals surface area contributed by atoms with Crippen molar-refractivity contribution in [2.45, 2.75) is 51.0 Å².